The van der Waals surface area contributed by atoms with Crippen molar-refractivity contribution in [1.29, 1.82) is 0 Å². The van der Waals surface area contributed by atoms with Gasteiger partial charge in [0.2, 0.25) is 0 Å². The van der Waals surface area contributed by atoms with Crippen LogP contribution in [0.1, 0.15) is 25.3 Å². The van der Waals surface area contributed by atoms with Crippen LogP contribution >= 0.6 is 11.6 Å². The zero-order chi connectivity index (χ0) is 11.8. The van der Waals surface area contributed by atoms with Gasteiger partial charge in [0.05, 0.1) is 10.5 Å². The van der Waals surface area contributed by atoms with Gasteiger partial charge in [-0.1, -0.05) is 23.7 Å². The molecule has 0 atom stereocenters. The largest absolute Gasteiger partial charge is 0.346 e. The van der Waals surface area contributed by atoms with Crippen molar-refractivity contribution in [2.45, 2.75) is 38.9 Å². The van der Waals surface area contributed by atoms with Crippen molar-refractivity contribution in [1.82, 2.24) is 9.88 Å². The number of nitrogens with zero attached hydrogens (tertiary/aromatic N) is 1. The molecule has 1 heterocycles. The number of nitrogens with one attached hydrogen (secondary N) is 1. The maximum Gasteiger partial charge on any atom is 0.0672 e. The van der Waals surface area contributed by atoms with E-state index in [0.717, 1.165) is 24.2 Å². The molecule has 0 radical (unpaired) electrons. The number of benzene rings is 1. The van der Waals surface area contributed by atoms with E-state index in [1.165, 1.54) is 29.3 Å². The lowest BCUT2D eigenvalue weighted by molar-refractivity contribution is 0.686. The Hall–Kier alpha value is -0.990. The van der Waals surface area contributed by atoms with E-state index in [2.05, 4.69) is 29.1 Å². The smallest absolute Gasteiger partial charge is 0.0672 e. The molecule has 0 aliphatic heterocycles. The van der Waals surface area contributed by atoms with E-state index in [1.54, 1.807) is 0 Å². The molecular formula is C14H17ClN2. The highest BCUT2D eigenvalue weighted by molar-refractivity contribution is 6.35. The quantitative estimate of drug-likeness (QED) is 0.876. The first kappa shape index (κ1) is 11.1. The predicted molar refractivity (Wildman–Crippen MR) is 72.5 cm³/mol. The van der Waals surface area contributed by atoms with Gasteiger partial charge in [-0.05, 0) is 31.4 Å². The summed E-state index contributed by atoms with van der Waals surface area (Å²) in [5.41, 5.74) is 2.53. The average molecular weight is 249 g/mol. The van der Waals surface area contributed by atoms with E-state index in [1.807, 2.05) is 12.1 Å². The topological polar surface area (TPSA) is 17.0 Å². The second-order valence-electron chi connectivity index (χ2n) is 4.73. The highest BCUT2D eigenvalue weighted by Crippen LogP contribution is 2.29. The summed E-state index contributed by atoms with van der Waals surface area (Å²) in [5.74, 6) is 0. The van der Waals surface area contributed by atoms with Crippen molar-refractivity contribution in [3.05, 3.63) is 35.0 Å². The lowest BCUT2D eigenvalue weighted by Crippen LogP contribution is -2.14. The number of hydrogen-bond acceptors (Lipinski definition) is 1. The van der Waals surface area contributed by atoms with Crippen LogP contribution in [-0.4, -0.2) is 10.6 Å². The molecule has 3 heteroatoms. The van der Waals surface area contributed by atoms with E-state index < -0.39 is 0 Å². The van der Waals surface area contributed by atoms with Gasteiger partial charge in [0.15, 0.2) is 0 Å². The molecule has 1 N–H and O–H groups in total. The molecule has 1 aromatic heterocycles. The van der Waals surface area contributed by atoms with E-state index in [4.69, 9.17) is 11.6 Å². The Balaban J connectivity index is 2.01. The van der Waals surface area contributed by atoms with Gasteiger partial charge >= 0.3 is 0 Å². The third-order valence-corrected chi connectivity index (χ3v) is 3.74. The van der Waals surface area contributed by atoms with Crippen LogP contribution in [0.25, 0.3) is 10.9 Å². The summed E-state index contributed by atoms with van der Waals surface area (Å²) in [5, 5.41) is 5.70. The van der Waals surface area contributed by atoms with E-state index in [-0.39, 0.29) is 0 Å². The lowest BCUT2D eigenvalue weighted by atomic mass is 10.2. The Labute approximate surface area is 107 Å². The van der Waals surface area contributed by atoms with Crippen molar-refractivity contribution in [2.75, 3.05) is 0 Å². The summed E-state index contributed by atoms with van der Waals surface area (Å²) in [6.07, 6.45) is 4.88. The average Bonchev–Trinajstić information content (AvgIpc) is 3.08. The molecule has 17 heavy (non-hydrogen) atoms. The molecule has 2 nitrogen and oxygen atoms in total. The Bertz CT molecular complexity index is 540. The number of rotatable bonds is 4. The van der Waals surface area contributed by atoms with Gasteiger partial charge in [-0.25, -0.2) is 0 Å². The lowest BCUT2D eigenvalue weighted by Gasteiger charge is -2.01. The third-order valence-electron chi connectivity index (χ3n) is 3.43. The molecule has 1 aromatic carbocycles. The fourth-order valence-electron chi connectivity index (χ4n) is 2.32. The molecule has 1 aliphatic rings. The van der Waals surface area contributed by atoms with E-state index >= 15 is 0 Å². The van der Waals surface area contributed by atoms with Gasteiger partial charge in [0.25, 0.3) is 0 Å². The van der Waals surface area contributed by atoms with E-state index in [9.17, 15) is 0 Å². The van der Waals surface area contributed by atoms with Crippen molar-refractivity contribution in [3.8, 4) is 0 Å². The zero-order valence-electron chi connectivity index (χ0n) is 10.0. The molecule has 0 saturated heterocycles. The van der Waals surface area contributed by atoms with Crippen LogP contribution in [0.4, 0.5) is 0 Å². The Morgan fingerprint density at radius 3 is 2.94 bits per heavy atom. The molecule has 0 amide bonds. The van der Waals surface area contributed by atoms with Crippen molar-refractivity contribution >= 4 is 22.5 Å². The van der Waals surface area contributed by atoms with Crippen molar-refractivity contribution in [3.63, 3.8) is 0 Å². The molecule has 2 aromatic rings. The van der Waals surface area contributed by atoms with Crippen molar-refractivity contribution in [2.24, 2.45) is 0 Å². The first-order chi connectivity index (χ1) is 8.29. The summed E-state index contributed by atoms with van der Waals surface area (Å²) < 4.78 is 2.24. The molecule has 1 saturated carbocycles. The molecule has 0 spiro atoms. The summed E-state index contributed by atoms with van der Waals surface area (Å²) in [4.78, 5) is 0. The summed E-state index contributed by atoms with van der Waals surface area (Å²) >= 11 is 6.29. The summed E-state index contributed by atoms with van der Waals surface area (Å²) in [6, 6.07) is 6.91. The molecule has 1 fully saturated rings. The SMILES string of the molecule is CCn1cc(CNC2CC2)c2cccc(Cl)c21. The van der Waals surface area contributed by atoms with Crippen LogP contribution in [0.15, 0.2) is 24.4 Å². The van der Waals surface area contributed by atoms with Gasteiger partial charge in [-0.2, -0.15) is 0 Å². The highest BCUT2D eigenvalue weighted by Gasteiger charge is 2.21. The number of halogens is 1. The first-order valence-electron chi connectivity index (χ1n) is 6.29. The number of aryl methyl sites for hydroxylation is 1. The molecular weight excluding hydrogens is 232 g/mol. The van der Waals surface area contributed by atoms with Crippen LogP contribution in [0.5, 0.6) is 0 Å². The minimum atomic E-state index is 0.745. The minimum absolute atomic E-state index is 0.745. The predicted octanol–water partition coefficient (Wildman–Crippen LogP) is 3.57. The fraction of sp³-hybridized carbons (Fsp3) is 0.429. The standard InChI is InChI=1S/C14H17ClN2/c1-2-17-9-10(8-16-11-6-7-11)12-4-3-5-13(15)14(12)17/h3-5,9,11,16H,2,6-8H2,1H3. The number of fused-ring (bicyclic) bond motifs is 1. The van der Waals surface area contributed by atoms with Gasteiger partial charge in [0.1, 0.15) is 0 Å². The summed E-state index contributed by atoms with van der Waals surface area (Å²) in [7, 11) is 0. The van der Waals surface area contributed by atoms with E-state index in [0.29, 0.717) is 0 Å². The maximum absolute atomic E-state index is 6.29. The van der Waals surface area contributed by atoms with Gasteiger partial charge < -0.3 is 9.88 Å². The Kier molecular flexibility index (Phi) is 2.85. The first-order valence-corrected chi connectivity index (χ1v) is 6.67. The monoisotopic (exact) mass is 248 g/mol. The highest BCUT2D eigenvalue weighted by atomic mass is 35.5. The second kappa shape index (κ2) is 4.35. The Morgan fingerprint density at radius 1 is 1.41 bits per heavy atom. The molecule has 90 valence electrons. The zero-order valence-corrected chi connectivity index (χ0v) is 10.8. The third kappa shape index (κ3) is 2.07. The van der Waals surface area contributed by atoms with Crippen LogP contribution in [0, 0.1) is 0 Å². The fourth-order valence-corrected chi connectivity index (χ4v) is 2.60. The Morgan fingerprint density at radius 2 is 2.24 bits per heavy atom. The maximum atomic E-state index is 6.29. The molecule has 0 unspecified atom stereocenters. The van der Waals surface area contributed by atoms with Crippen LogP contribution in [0.2, 0.25) is 5.02 Å². The minimum Gasteiger partial charge on any atom is -0.346 e. The van der Waals surface area contributed by atoms with Crippen LogP contribution in [0.3, 0.4) is 0 Å². The van der Waals surface area contributed by atoms with Crippen LogP contribution in [-0.2, 0) is 13.1 Å². The second-order valence-corrected chi connectivity index (χ2v) is 5.14. The molecule has 0 bridgehead atoms. The van der Waals surface area contributed by atoms with Gasteiger partial charge in [-0.15, -0.1) is 0 Å². The number of hydrogen-bond donors (Lipinski definition) is 1. The molecule has 1 aliphatic carbocycles. The normalized spacial score (nSPS) is 15.6. The van der Waals surface area contributed by atoms with Crippen LogP contribution < -0.4 is 5.32 Å². The van der Waals surface area contributed by atoms with Gasteiger partial charge in [-0.3, -0.25) is 0 Å². The van der Waals surface area contributed by atoms with Crippen molar-refractivity contribution < 1.29 is 0 Å². The number of para-hydroxylation sites is 1. The number of aromatic nitrogens is 1. The van der Waals surface area contributed by atoms with Gasteiger partial charge in [0, 0.05) is 30.7 Å². The summed E-state index contributed by atoms with van der Waals surface area (Å²) in [6.45, 7) is 4.07. The molecule has 3 rings (SSSR count).